The number of pyridine rings is 1. The number of nitrogens with zero attached hydrogens (tertiary/aromatic N) is 1. The maximum atomic E-state index is 8.60. The molecule has 1 N–H and O–H groups in total. The number of rotatable bonds is 0. The first-order valence-corrected chi connectivity index (χ1v) is 7.77. The van der Waals surface area contributed by atoms with Gasteiger partial charge in [-0.2, -0.15) is 14.0 Å². The van der Waals surface area contributed by atoms with E-state index in [1.807, 2.05) is 11.3 Å². The number of para-hydroxylation sites is 1. The van der Waals surface area contributed by atoms with Gasteiger partial charge in [-0.25, -0.2) is 0 Å². The maximum Gasteiger partial charge on any atom is 0.268 e. The summed E-state index contributed by atoms with van der Waals surface area (Å²) in [5.74, 6) is 0. The molecule has 0 spiro atoms. The van der Waals surface area contributed by atoms with Crippen molar-refractivity contribution in [3.63, 3.8) is 0 Å². The molecule has 3 rings (SSSR count). The highest BCUT2D eigenvalue weighted by atomic mass is 35.7. The van der Waals surface area contributed by atoms with E-state index < -0.39 is 10.2 Å². The van der Waals surface area contributed by atoms with Crippen LogP contribution in [0.25, 0.3) is 15.0 Å². The fraction of sp³-hybridized carbons (Fsp3) is 0.154. The molecule has 7 heteroatoms. The number of aryl methyl sites for hydroxylation is 2. The van der Waals surface area contributed by atoms with E-state index in [2.05, 4.69) is 54.6 Å². The Hall–Kier alpha value is -1.28. The molecule has 0 aliphatic carbocycles. The highest BCUT2D eigenvalue weighted by Gasteiger charge is 2.15. The Labute approximate surface area is 121 Å². The van der Waals surface area contributed by atoms with Crippen molar-refractivity contribution in [2.24, 2.45) is 0 Å². The molecule has 0 aliphatic rings. The lowest BCUT2D eigenvalue weighted by Gasteiger charge is -2.03. The number of fused-ring (bicyclic) bond motifs is 3. The maximum absolute atomic E-state index is 8.60. The summed E-state index contributed by atoms with van der Waals surface area (Å²) < 4.78 is 36.4. The van der Waals surface area contributed by atoms with Crippen molar-refractivity contribution in [1.82, 2.24) is 0 Å². The van der Waals surface area contributed by atoms with Gasteiger partial charge < -0.3 is 0 Å². The Morgan fingerprint density at radius 2 is 1.70 bits per heavy atom. The zero-order chi connectivity index (χ0) is 14.9. The van der Waals surface area contributed by atoms with Crippen molar-refractivity contribution in [2.75, 3.05) is 0 Å². The summed E-state index contributed by atoms with van der Waals surface area (Å²) in [6.45, 7) is 4.32. The van der Waals surface area contributed by atoms with Gasteiger partial charge in [-0.3, -0.25) is 0 Å². The summed E-state index contributed by atoms with van der Waals surface area (Å²) in [7, 11) is -4.69. The summed E-state index contributed by atoms with van der Waals surface area (Å²) in [5, 5.41) is 0. The van der Waals surface area contributed by atoms with E-state index in [1.54, 1.807) is 0 Å². The molecule has 0 aliphatic heterocycles. The van der Waals surface area contributed by atoms with Crippen LogP contribution >= 0.6 is 11.3 Å². The van der Waals surface area contributed by atoms with E-state index >= 15 is 0 Å². The van der Waals surface area contributed by atoms with Crippen LogP contribution in [-0.2, 0) is 0 Å². The van der Waals surface area contributed by atoms with E-state index in [1.165, 1.54) is 26.3 Å². The van der Waals surface area contributed by atoms with Crippen molar-refractivity contribution >= 4 is 26.4 Å². The molecule has 0 amide bonds. The van der Waals surface area contributed by atoms with Crippen molar-refractivity contribution in [3.05, 3.63) is 47.7 Å². The molecule has 0 bridgehead atoms. The van der Waals surface area contributed by atoms with Crippen LogP contribution in [-0.4, -0.2) is 4.66 Å². The third-order valence-electron chi connectivity index (χ3n) is 2.68. The molecule has 0 fully saturated rings. The smallest absolute Gasteiger partial charge is 0.183 e. The molecule has 0 saturated carbocycles. The molecule has 106 valence electrons. The monoisotopic (exact) mass is 314 g/mol. The molecular weight excluding hydrogens is 302 g/mol. The molecule has 0 atom stereocenters. The molecule has 2 aromatic heterocycles. The lowest BCUT2D eigenvalue weighted by atomic mass is 10.2. The molecule has 0 saturated heterocycles. The first kappa shape index (κ1) is 15.1. The van der Waals surface area contributed by atoms with Crippen LogP contribution in [0.4, 0.5) is 0 Å². The highest BCUT2D eigenvalue weighted by Crippen LogP contribution is 2.22. The molecule has 20 heavy (non-hydrogen) atoms. The molecular formula is C13H13ClNO4S+. The second-order valence-corrected chi connectivity index (χ2v) is 6.17. The van der Waals surface area contributed by atoms with Crippen LogP contribution < -0.4 is 18.4 Å². The Kier molecular flexibility index (Phi) is 4.24. The third kappa shape index (κ3) is 3.63. The van der Waals surface area contributed by atoms with Crippen molar-refractivity contribution in [2.45, 2.75) is 13.8 Å². The predicted octanol–water partition coefficient (Wildman–Crippen LogP) is -0.867. The van der Waals surface area contributed by atoms with E-state index in [9.17, 15) is 0 Å². The minimum Gasteiger partial charge on any atom is -0.183 e. The topological polar surface area (TPSA) is 93.5 Å². The Morgan fingerprint density at radius 1 is 1.10 bits per heavy atom. The van der Waals surface area contributed by atoms with Crippen LogP contribution in [0.2, 0.25) is 0 Å². The number of thiazole rings is 1. The predicted molar refractivity (Wildman–Crippen MR) is 66.7 cm³/mol. The van der Waals surface area contributed by atoms with E-state index in [-0.39, 0.29) is 0 Å². The van der Waals surface area contributed by atoms with E-state index in [0.29, 0.717) is 0 Å². The number of hydrogen-bond acceptors (Lipinski definition) is 5. The standard InChI is InChI=1S/C13H12NS.ClHO4/c1-9-7-10(2)14-11-5-3-4-6-12(11)15-13(14)8-9;2-1(3,4)5/h3-8H,1-2H3;(H,2,3,4,5)/q+1;. The fourth-order valence-electron chi connectivity index (χ4n) is 2.09. The number of hydrogen-bond donors (Lipinski definition) is 1. The Morgan fingerprint density at radius 3 is 2.35 bits per heavy atom. The van der Waals surface area contributed by atoms with Gasteiger partial charge in [-0.05, 0) is 18.6 Å². The zero-order valence-corrected chi connectivity index (χ0v) is 12.4. The molecule has 1 aromatic carbocycles. The average Bonchev–Trinajstić information content (AvgIpc) is 2.64. The average molecular weight is 315 g/mol. The van der Waals surface area contributed by atoms with Gasteiger partial charge in [0.2, 0.25) is 5.52 Å². The van der Waals surface area contributed by atoms with Crippen LogP contribution in [0.5, 0.6) is 0 Å². The molecule has 0 radical (unpaired) electrons. The lowest BCUT2D eigenvalue weighted by Crippen LogP contribution is -2.58. The Balaban J connectivity index is 0.000000257. The van der Waals surface area contributed by atoms with Gasteiger partial charge in [0.05, 0.1) is 14.9 Å². The van der Waals surface area contributed by atoms with Crippen molar-refractivity contribution < 1.29 is 33.3 Å². The largest absolute Gasteiger partial charge is 0.268 e. The third-order valence-corrected chi connectivity index (χ3v) is 3.76. The minimum absolute atomic E-state index is 1.31. The Bertz CT molecular complexity index is 745. The van der Waals surface area contributed by atoms with Gasteiger partial charge in [0.15, 0.2) is 5.69 Å². The normalized spacial score (nSPS) is 11.5. The van der Waals surface area contributed by atoms with Gasteiger partial charge in [-0.15, -0.1) is 4.40 Å². The van der Waals surface area contributed by atoms with Gasteiger partial charge in [0, 0.05) is 25.1 Å². The van der Waals surface area contributed by atoms with E-state index in [4.69, 9.17) is 18.6 Å². The zero-order valence-electron chi connectivity index (χ0n) is 10.9. The van der Waals surface area contributed by atoms with Gasteiger partial charge in [0.1, 0.15) is 4.70 Å². The van der Waals surface area contributed by atoms with Crippen LogP contribution in [0.15, 0.2) is 36.4 Å². The lowest BCUT2D eigenvalue weighted by molar-refractivity contribution is -1.92. The summed E-state index contributed by atoms with van der Waals surface area (Å²) in [6.07, 6.45) is 0. The first-order chi connectivity index (χ1) is 9.25. The summed E-state index contributed by atoms with van der Waals surface area (Å²) in [6, 6.07) is 13.0. The highest BCUT2D eigenvalue weighted by molar-refractivity contribution is 7.23. The molecule has 0 unspecified atom stereocenters. The quantitative estimate of drug-likeness (QED) is 0.546. The summed E-state index contributed by atoms with van der Waals surface area (Å²) >= 11 is 1.85. The second kappa shape index (κ2) is 5.61. The van der Waals surface area contributed by atoms with Crippen molar-refractivity contribution in [1.29, 1.82) is 0 Å². The second-order valence-electron chi connectivity index (χ2n) is 4.31. The molecule has 2 heterocycles. The molecule has 5 nitrogen and oxygen atoms in total. The van der Waals surface area contributed by atoms with Crippen LogP contribution in [0.1, 0.15) is 11.3 Å². The summed E-state index contributed by atoms with van der Waals surface area (Å²) in [5.41, 5.74) is 3.96. The van der Waals surface area contributed by atoms with Gasteiger partial charge >= 0.3 is 0 Å². The van der Waals surface area contributed by atoms with E-state index in [0.717, 1.165) is 0 Å². The van der Waals surface area contributed by atoms with Gasteiger partial charge in [-0.1, -0.05) is 23.5 Å². The van der Waals surface area contributed by atoms with Gasteiger partial charge in [0.25, 0.3) is 4.83 Å². The van der Waals surface area contributed by atoms with Crippen LogP contribution in [0, 0.1) is 24.1 Å². The first-order valence-electron chi connectivity index (χ1n) is 5.69. The SMILES string of the molecule is Cc1cc(C)[n+]2c(c1)sc1ccccc12.[O-][Cl+3]([O-])([O-])O. The number of aromatic nitrogens is 1. The summed E-state index contributed by atoms with van der Waals surface area (Å²) in [4.78, 5) is 1.33. The minimum atomic E-state index is -4.69. The van der Waals surface area contributed by atoms with Crippen LogP contribution in [0.3, 0.4) is 0 Å². The molecule has 3 aromatic rings. The number of benzene rings is 1. The fourth-order valence-corrected chi connectivity index (χ4v) is 3.31. The van der Waals surface area contributed by atoms with Crippen molar-refractivity contribution in [3.8, 4) is 0 Å². The number of halogens is 1.